The maximum atomic E-state index is 12.5. The molecule has 1 aliphatic heterocycles. The second-order valence-electron chi connectivity index (χ2n) is 8.84. The smallest absolute Gasteiger partial charge is 0.292 e. The Hall–Kier alpha value is -3.54. The molecule has 3 aromatic rings. The summed E-state index contributed by atoms with van der Waals surface area (Å²) in [7, 11) is -3.32. The number of carbonyl (C=O) groups is 1. The van der Waals surface area contributed by atoms with Gasteiger partial charge in [0.05, 0.1) is 16.5 Å². The molecule has 2 aromatic heterocycles. The molecule has 5 rings (SSSR count). The summed E-state index contributed by atoms with van der Waals surface area (Å²) in [5.74, 6) is 0.567. The number of fused-ring (bicyclic) bond motifs is 1. The second-order valence-corrected chi connectivity index (χ2v) is 10.9. The zero-order valence-corrected chi connectivity index (χ0v) is 20.0. The summed E-state index contributed by atoms with van der Waals surface area (Å²) in [5, 5.41) is 7.88. The highest BCUT2D eigenvalue weighted by Crippen LogP contribution is 2.38. The number of pyridine rings is 1. The Balaban J connectivity index is 1.34. The molecule has 1 aromatic carbocycles. The number of carbonyl (C=O) groups excluding carboxylic acids is 1. The van der Waals surface area contributed by atoms with E-state index in [0.29, 0.717) is 11.4 Å². The van der Waals surface area contributed by atoms with Gasteiger partial charge in [-0.05, 0) is 54.6 Å². The summed E-state index contributed by atoms with van der Waals surface area (Å²) in [6.07, 6.45) is 12.6. The molecule has 2 N–H and O–H groups in total. The molecule has 1 fully saturated rings. The Morgan fingerprint density at radius 2 is 1.74 bits per heavy atom. The van der Waals surface area contributed by atoms with Gasteiger partial charge in [0.15, 0.2) is 15.5 Å². The third-order valence-corrected chi connectivity index (χ3v) is 7.52. The lowest BCUT2D eigenvalue weighted by molar-refractivity contribution is 0.0918. The molecular weight excluding hydrogens is 466 g/mol. The van der Waals surface area contributed by atoms with E-state index in [1.165, 1.54) is 12.6 Å². The van der Waals surface area contributed by atoms with E-state index in [1.807, 2.05) is 0 Å². The molecule has 0 spiro atoms. The average molecular weight is 493 g/mol. The predicted molar refractivity (Wildman–Crippen MR) is 132 cm³/mol. The molecule has 10 nitrogen and oxygen atoms in total. The molecule has 1 saturated carbocycles. The highest BCUT2D eigenvalue weighted by atomic mass is 32.2. The standard InChI is InChI=1S/C24H25N7O3S/c1-35(33,34)22-10-8-21(9-11-22)31(23-18(15-28-31)14-26-16-27-23)30-20-6-4-19(5-7-20)29-24(32)17-3-2-12-25-13-17/h2-3,8-16,19-20,30H,4-7H2,1H3/p+1. The highest BCUT2D eigenvalue weighted by molar-refractivity contribution is 7.90. The lowest BCUT2D eigenvalue weighted by Gasteiger charge is -2.35. The predicted octanol–water partition coefficient (Wildman–Crippen LogP) is 2.51. The number of rotatable bonds is 6. The number of benzene rings is 1. The van der Waals surface area contributed by atoms with Crippen LogP contribution in [0.1, 0.15) is 41.6 Å². The monoisotopic (exact) mass is 492 g/mol. The summed E-state index contributed by atoms with van der Waals surface area (Å²) in [5.41, 5.74) is 5.74. The summed E-state index contributed by atoms with van der Waals surface area (Å²) in [4.78, 5) is 25.4. The first-order valence-corrected chi connectivity index (χ1v) is 13.3. The molecular formula is C24H26N7O3S+. The molecule has 0 bridgehead atoms. The van der Waals surface area contributed by atoms with Gasteiger partial charge in [-0.25, -0.2) is 13.4 Å². The molecule has 2 aliphatic rings. The van der Waals surface area contributed by atoms with Crippen LogP contribution >= 0.6 is 0 Å². The Kier molecular flexibility index (Phi) is 6.13. The Morgan fingerprint density at radius 1 is 1.00 bits per heavy atom. The molecule has 1 aliphatic carbocycles. The number of quaternary nitrogens is 1. The van der Waals surface area contributed by atoms with Crippen LogP contribution in [-0.4, -0.2) is 53.8 Å². The van der Waals surface area contributed by atoms with Crippen molar-refractivity contribution in [1.29, 1.82) is 0 Å². The van der Waals surface area contributed by atoms with Crippen molar-refractivity contribution in [2.24, 2.45) is 5.10 Å². The van der Waals surface area contributed by atoms with E-state index in [1.54, 1.807) is 61.2 Å². The molecule has 0 saturated heterocycles. The fourth-order valence-corrected chi connectivity index (χ4v) is 5.19. The summed E-state index contributed by atoms with van der Waals surface area (Å²) in [6.45, 7) is 0. The van der Waals surface area contributed by atoms with Crippen LogP contribution in [0.15, 0.2) is 71.3 Å². The lowest BCUT2D eigenvalue weighted by Crippen LogP contribution is -2.56. The minimum Gasteiger partial charge on any atom is -0.349 e. The molecule has 0 radical (unpaired) electrons. The normalized spacial score (nSPS) is 23.6. The highest BCUT2D eigenvalue weighted by Gasteiger charge is 2.45. The number of aromatic nitrogens is 3. The number of nitrogens with zero attached hydrogens (tertiary/aromatic N) is 5. The first-order chi connectivity index (χ1) is 16.8. The summed E-state index contributed by atoms with van der Waals surface area (Å²) in [6, 6.07) is 10.4. The maximum absolute atomic E-state index is 12.5. The van der Waals surface area contributed by atoms with Crippen molar-refractivity contribution >= 4 is 33.5 Å². The largest absolute Gasteiger partial charge is 0.349 e. The minimum absolute atomic E-state index is 0.0702. The summed E-state index contributed by atoms with van der Waals surface area (Å²) >= 11 is 0. The number of sulfone groups is 1. The third-order valence-electron chi connectivity index (χ3n) is 6.39. The van der Waals surface area contributed by atoms with Crippen LogP contribution < -0.4 is 15.4 Å². The molecule has 1 unspecified atom stereocenters. The van der Waals surface area contributed by atoms with Gasteiger partial charge in [0.1, 0.15) is 18.1 Å². The first kappa shape index (κ1) is 23.2. The fourth-order valence-electron chi connectivity index (χ4n) is 4.56. The van der Waals surface area contributed by atoms with Crippen molar-refractivity contribution < 1.29 is 13.2 Å². The van der Waals surface area contributed by atoms with E-state index in [-0.39, 0.29) is 27.6 Å². The molecule has 1 atom stereocenters. The van der Waals surface area contributed by atoms with E-state index in [9.17, 15) is 13.2 Å². The molecule has 3 heterocycles. The van der Waals surface area contributed by atoms with Crippen LogP contribution in [0.25, 0.3) is 0 Å². The Bertz CT molecular complexity index is 1360. The van der Waals surface area contributed by atoms with Gasteiger partial charge in [-0.1, -0.05) is 5.10 Å². The van der Waals surface area contributed by atoms with Gasteiger partial charge >= 0.3 is 0 Å². The maximum Gasteiger partial charge on any atom is 0.292 e. The van der Waals surface area contributed by atoms with E-state index in [2.05, 4.69) is 25.7 Å². The number of nitrogens with one attached hydrogen (secondary N) is 2. The van der Waals surface area contributed by atoms with Crippen LogP contribution in [0.3, 0.4) is 0 Å². The van der Waals surface area contributed by atoms with Crippen molar-refractivity contribution in [3.8, 4) is 0 Å². The molecule has 11 heteroatoms. The van der Waals surface area contributed by atoms with Gasteiger partial charge in [0.25, 0.3) is 11.7 Å². The zero-order valence-electron chi connectivity index (χ0n) is 19.2. The lowest BCUT2D eigenvalue weighted by atomic mass is 9.91. The second kappa shape index (κ2) is 9.25. The zero-order chi connectivity index (χ0) is 24.5. The van der Waals surface area contributed by atoms with Crippen molar-refractivity contribution in [2.75, 3.05) is 6.26 Å². The van der Waals surface area contributed by atoms with Gasteiger partial charge in [0.2, 0.25) is 0 Å². The topological polar surface area (TPSA) is 126 Å². The van der Waals surface area contributed by atoms with Gasteiger partial charge < -0.3 is 5.32 Å². The van der Waals surface area contributed by atoms with E-state index in [4.69, 9.17) is 5.10 Å². The minimum atomic E-state index is -3.32. The average Bonchev–Trinajstić information content (AvgIpc) is 3.25. The van der Waals surface area contributed by atoms with Crippen LogP contribution in [0.4, 0.5) is 11.5 Å². The van der Waals surface area contributed by atoms with Gasteiger partial charge in [-0.3, -0.25) is 9.78 Å². The third kappa shape index (κ3) is 4.70. The quantitative estimate of drug-likeness (QED) is 0.506. The summed E-state index contributed by atoms with van der Waals surface area (Å²) < 4.78 is 23.8. The van der Waals surface area contributed by atoms with Crippen molar-refractivity contribution in [1.82, 2.24) is 30.4 Å². The number of hydrogen-bond acceptors (Lipinski definition) is 8. The van der Waals surface area contributed by atoms with E-state index >= 15 is 0 Å². The van der Waals surface area contributed by atoms with E-state index in [0.717, 1.165) is 36.9 Å². The molecule has 1 amide bonds. The van der Waals surface area contributed by atoms with Crippen molar-refractivity contribution in [3.05, 3.63) is 72.4 Å². The Morgan fingerprint density at radius 3 is 2.43 bits per heavy atom. The van der Waals surface area contributed by atoms with Gasteiger partial charge in [-0.2, -0.15) is 4.98 Å². The van der Waals surface area contributed by atoms with Gasteiger partial charge in [-0.15, -0.1) is 5.43 Å². The number of hydrogen-bond donors (Lipinski definition) is 2. The first-order valence-electron chi connectivity index (χ1n) is 11.4. The number of amides is 1. The van der Waals surface area contributed by atoms with Crippen molar-refractivity contribution in [2.45, 2.75) is 42.7 Å². The van der Waals surface area contributed by atoms with Crippen molar-refractivity contribution in [3.63, 3.8) is 0 Å². The molecule has 35 heavy (non-hydrogen) atoms. The fraction of sp³-hybridized carbons (Fsp3) is 0.292. The molecule has 180 valence electrons. The van der Waals surface area contributed by atoms with Crippen LogP contribution in [0, 0.1) is 0 Å². The van der Waals surface area contributed by atoms with E-state index < -0.39 is 9.84 Å². The van der Waals surface area contributed by atoms with Crippen LogP contribution in [0.5, 0.6) is 0 Å². The SMILES string of the molecule is CS(=O)(=O)c1ccc([N+]2(NC3CCC(NC(=O)c4cccnc4)CC3)N=Cc3cncnc32)cc1. The van der Waals surface area contributed by atoms with Gasteiger partial charge in [0, 0.05) is 43.0 Å². The van der Waals surface area contributed by atoms with Crippen LogP contribution in [-0.2, 0) is 9.84 Å². The Labute approximate surface area is 203 Å². The van der Waals surface area contributed by atoms with Crippen LogP contribution in [0.2, 0.25) is 0 Å².